The maximum atomic E-state index is 12.6. The molecule has 1 N–H and O–H groups in total. The van der Waals surface area contributed by atoms with Crippen molar-refractivity contribution >= 4 is 11.6 Å². The quantitative estimate of drug-likeness (QED) is 0.586. The summed E-state index contributed by atoms with van der Waals surface area (Å²) in [5, 5.41) is 15.7. The van der Waals surface area contributed by atoms with E-state index in [-0.39, 0.29) is 5.91 Å². The minimum Gasteiger partial charge on any atom is -0.326 e. The van der Waals surface area contributed by atoms with E-state index in [9.17, 15) is 4.79 Å². The number of carbonyl (C=O) groups is 1. The Labute approximate surface area is 172 Å². The average molecular weight is 392 g/mol. The van der Waals surface area contributed by atoms with Crippen molar-refractivity contribution in [2.45, 2.75) is 58.9 Å². The van der Waals surface area contributed by atoms with E-state index >= 15 is 0 Å². The van der Waals surface area contributed by atoms with Crippen molar-refractivity contribution < 1.29 is 4.79 Å². The number of carbonyl (C=O) groups excluding carboxylic acids is 1. The predicted molar refractivity (Wildman–Crippen MR) is 116 cm³/mol. The Hall–Kier alpha value is -3.02. The van der Waals surface area contributed by atoms with Crippen molar-refractivity contribution in [1.82, 2.24) is 20.2 Å². The molecular weight excluding hydrogens is 362 g/mol. The van der Waals surface area contributed by atoms with Gasteiger partial charge in [0, 0.05) is 17.7 Å². The first-order valence-electron chi connectivity index (χ1n) is 10.2. The average Bonchev–Trinajstić information content (AvgIpc) is 3.17. The summed E-state index contributed by atoms with van der Waals surface area (Å²) in [5.41, 5.74) is 4.25. The molecule has 1 aromatic heterocycles. The highest BCUT2D eigenvalue weighted by molar-refractivity contribution is 5.92. The number of amides is 1. The maximum absolute atomic E-state index is 12.6. The molecule has 0 bridgehead atoms. The molecule has 0 atom stereocenters. The van der Waals surface area contributed by atoms with Crippen molar-refractivity contribution in [1.29, 1.82) is 0 Å². The summed E-state index contributed by atoms with van der Waals surface area (Å²) in [5.74, 6) is 1.31. The Morgan fingerprint density at radius 1 is 0.966 bits per heavy atom. The Kier molecular flexibility index (Phi) is 6.75. The van der Waals surface area contributed by atoms with E-state index in [1.54, 1.807) is 4.80 Å². The van der Waals surface area contributed by atoms with Crippen molar-refractivity contribution in [3.8, 4) is 11.4 Å². The van der Waals surface area contributed by atoms with E-state index in [2.05, 4.69) is 66.6 Å². The molecule has 0 saturated heterocycles. The van der Waals surface area contributed by atoms with Crippen LogP contribution in [0.3, 0.4) is 0 Å². The second-order valence-electron chi connectivity index (χ2n) is 7.85. The standard InChI is InChI=1S/C23H29N5O/c1-16(2)19-12-8-13-20(17(3)4)22(19)24-21(29)14-9-15-28-26-23(25-27-28)18-10-6-5-7-11-18/h5-8,10-13,16-17H,9,14-15H2,1-4H3,(H,24,29). The fourth-order valence-corrected chi connectivity index (χ4v) is 3.32. The van der Waals surface area contributed by atoms with E-state index in [4.69, 9.17) is 0 Å². The van der Waals surface area contributed by atoms with Gasteiger partial charge < -0.3 is 5.32 Å². The first-order valence-corrected chi connectivity index (χ1v) is 10.2. The van der Waals surface area contributed by atoms with Crippen LogP contribution in [0, 0.1) is 0 Å². The molecule has 6 heteroatoms. The summed E-state index contributed by atoms with van der Waals surface area (Å²) in [4.78, 5) is 14.2. The van der Waals surface area contributed by atoms with Gasteiger partial charge in [0.1, 0.15) is 0 Å². The molecule has 1 amide bonds. The molecule has 0 spiro atoms. The van der Waals surface area contributed by atoms with Gasteiger partial charge in [-0.3, -0.25) is 4.79 Å². The molecular formula is C23H29N5O. The number of nitrogens with zero attached hydrogens (tertiary/aromatic N) is 4. The third kappa shape index (κ3) is 5.28. The minimum atomic E-state index is 0.0170. The number of aryl methyl sites for hydroxylation is 1. The lowest BCUT2D eigenvalue weighted by molar-refractivity contribution is -0.116. The van der Waals surface area contributed by atoms with E-state index in [1.807, 2.05) is 30.3 Å². The van der Waals surface area contributed by atoms with Gasteiger partial charge in [-0.2, -0.15) is 4.80 Å². The fraction of sp³-hybridized carbons (Fsp3) is 0.391. The van der Waals surface area contributed by atoms with Crippen LogP contribution in [-0.4, -0.2) is 26.1 Å². The van der Waals surface area contributed by atoms with Crippen LogP contribution in [0.1, 0.15) is 63.5 Å². The van der Waals surface area contributed by atoms with Crippen molar-refractivity contribution in [3.05, 3.63) is 59.7 Å². The number of hydrogen-bond acceptors (Lipinski definition) is 4. The third-order valence-electron chi connectivity index (χ3n) is 4.88. The number of benzene rings is 2. The zero-order valence-corrected chi connectivity index (χ0v) is 17.6. The van der Waals surface area contributed by atoms with Gasteiger partial charge in [0.2, 0.25) is 11.7 Å². The molecule has 6 nitrogen and oxygen atoms in total. The van der Waals surface area contributed by atoms with Gasteiger partial charge in [-0.05, 0) is 34.6 Å². The molecule has 0 fully saturated rings. The third-order valence-corrected chi connectivity index (χ3v) is 4.88. The van der Waals surface area contributed by atoms with E-state index in [0.717, 1.165) is 11.3 Å². The number of anilines is 1. The van der Waals surface area contributed by atoms with Crippen molar-refractivity contribution in [3.63, 3.8) is 0 Å². The van der Waals surface area contributed by atoms with Crippen LogP contribution in [0.25, 0.3) is 11.4 Å². The number of aromatic nitrogens is 4. The summed E-state index contributed by atoms with van der Waals surface area (Å²) >= 11 is 0. The van der Waals surface area contributed by atoms with E-state index < -0.39 is 0 Å². The number of para-hydroxylation sites is 1. The zero-order chi connectivity index (χ0) is 20.8. The molecule has 0 aliphatic carbocycles. The van der Waals surface area contributed by atoms with Crippen LogP contribution in [0.2, 0.25) is 0 Å². The number of rotatable bonds is 8. The highest BCUT2D eigenvalue weighted by Crippen LogP contribution is 2.32. The van der Waals surface area contributed by atoms with Gasteiger partial charge in [0.05, 0.1) is 6.54 Å². The molecule has 2 aromatic carbocycles. The summed E-state index contributed by atoms with van der Waals surface area (Å²) in [6.45, 7) is 9.15. The van der Waals surface area contributed by atoms with Crippen LogP contribution in [0.15, 0.2) is 48.5 Å². The number of hydrogen-bond donors (Lipinski definition) is 1. The normalized spacial score (nSPS) is 11.2. The molecule has 0 radical (unpaired) electrons. The largest absolute Gasteiger partial charge is 0.326 e. The summed E-state index contributed by atoms with van der Waals surface area (Å²) < 4.78 is 0. The topological polar surface area (TPSA) is 72.7 Å². The molecule has 152 valence electrons. The molecule has 0 unspecified atom stereocenters. The van der Waals surface area contributed by atoms with Crippen molar-refractivity contribution in [2.75, 3.05) is 5.32 Å². The predicted octanol–water partition coefficient (Wildman–Crippen LogP) is 5.01. The van der Waals surface area contributed by atoms with Crippen LogP contribution in [0.5, 0.6) is 0 Å². The molecule has 1 heterocycles. The SMILES string of the molecule is CC(C)c1cccc(C(C)C)c1NC(=O)CCCn1nnc(-c2ccccc2)n1. The van der Waals surface area contributed by atoms with Crippen molar-refractivity contribution in [2.24, 2.45) is 0 Å². The Morgan fingerprint density at radius 3 is 2.24 bits per heavy atom. The Balaban J connectivity index is 1.59. The highest BCUT2D eigenvalue weighted by atomic mass is 16.1. The van der Waals surface area contributed by atoms with Gasteiger partial charge in [-0.15, -0.1) is 10.2 Å². The van der Waals surface area contributed by atoms with Crippen LogP contribution in [-0.2, 0) is 11.3 Å². The fourth-order valence-electron chi connectivity index (χ4n) is 3.32. The molecule has 0 aliphatic heterocycles. The molecule has 0 saturated carbocycles. The second-order valence-corrected chi connectivity index (χ2v) is 7.85. The summed E-state index contributed by atoms with van der Waals surface area (Å²) in [6, 6.07) is 16.0. The lowest BCUT2D eigenvalue weighted by atomic mass is 9.92. The molecule has 3 rings (SSSR count). The van der Waals surface area contributed by atoms with Gasteiger partial charge in [0.25, 0.3) is 0 Å². The lowest BCUT2D eigenvalue weighted by Crippen LogP contribution is -2.16. The van der Waals surface area contributed by atoms with Crippen LogP contribution < -0.4 is 5.32 Å². The van der Waals surface area contributed by atoms with Gasteiger partial charge >= 0.3 is 0 Å². The zero-order valence-electron chi connectivity index (χ0n) is 17.6. The maximum Gasteiger partial charge on any atom is 0.224 e. The highest BCUT2D eigenvalue weighted by Gasteiger charge is 2.16. The molecule has 29 heavy (non-hydrogen) atoms. The van der Waals surface area contributed by atoms with Crippen LogP contribution >= 0.6 is 0 Å². The van der Waals surface area contributed by atoms with Crippen LogP contribution in [0.4, 0.5) is 5.69 Å². The monoisotopic (exact) mass is 391 g/mol. The first-order chi connectivity index (χ1) is 14.0. The molecule has 0 aliphatic rings. The Morgan fingerprint density at radius 2 is 1.62 bits per heavy atom. The van der Waals surface area contributed by atoms with Gasteiger partial charge in [-0.25, -0.2) is 0 Å². The second kappa shape index (κ2) is 9.45. The summed E-state index contributed by atoms with van der Waals surface area (Å²) in [6.07, 6.45) is 1.06. The lowest BCUT2D eigenvalue weighted by Gasteiger charge is -2.20. The number of nitrogens with one attached hydrogen (secondary N) is 1. The first kappa shape index (κ1) is 20.7. The number of tetrazole rings is 1. The van der Waals surface area contributed by atoms with E-state index in [1.165, 1.54) is 11.1 Å². The summed E-state index contributed by atoms with van der Waals surface area (Å²) in [7, 11) is 0. The van der Waals surface area contributed by atoms with Gasteiger partial charge in [-0.1, -0.05) is 76.2 Å². The smallest absolute Gasteiger partial charge is 0.224 e. The Bertz CT molecular complexity index is 921. The van der Waals surface area contributed by atoms with E-state index in [0.29, 0.717) is 37.0 Å². The minimum absolute atomic E-state index is 0.0170. The van der Waals surface area contributed by atoms with Gasteiger partial charge in [0.15, 0.2) is 0 Å². The molecule has 3 aromatic rings.